The molecule has 0 saturated carbocycles. The molecule has 0 aliphatic heterocycles. The van der Waals surface area contributed by atoms with Gasteiger partial charge in [0.15, 0.2) is 11.5 Å². The largest absolute Gasteiger partial charge is 0.493 e. The van der Waals surface area contributed by atoms with E-state index in [4.69, 9.17) is 14.2 Å². The molecule has 0 aliphatic carbocycles. The second-order valence-electron chi connectivity index (χ2n) is 9.82. The van der Waals surface area contributed by atoms with Gasteiger partial charge in [0, 0.05) is 12.5 Å². The predicted octanol–water partition coefficient (Wildman–Crippen LogP) is 7.11. The lowest BCUT2D eigenvalue weighted by Gasteiger charge is -2.24. The molecule has 1 N–H and O–H groups in total. The summed E-state index contributed by atoms with van der Waals surface area (Å²) in [5.74, 6) is 1.45. The number of carbonyl (C=O) groups is 1. The van der Waals surface area contributed by atoms with E-state index >= 15 is 0 Å². The Morgan fingerprint density at radius 1 is 0.941 bits per heavy atom. The Kier molecular flexibility index (Phi) is 11.8. The van der Waals surface area contributed by atoms with Crippen LogP contribution in [0.2, 0.25) is 0 Å². The third-order valence-electron chi connectivity index (χ3n) is 5.58. The van der Waals surface area contributed by atoms with Crippen LogP contribution in [0.5, 0.6) is 11.5 Å². The number of rotatable bonds is 14. The Labute approximate surface area is 206 Å². The molecule has 1 atom stereocenters. The first-order chi connectivity index (χ1) is 16.3. The van der Waals surface area contributed by atoms with Crippen LogP contribution in [0.15, 0.2) is 48.5 Å². The van der Waals surface area contributed by atoms with E-state index in [1.165, 1.54) is 31.2 Å². The van der Waals surface area contributed by atoms with Crippen molar-refractivity contribution in [2.24, 2.45) is 0 Å². The number of carbonyl (C=O) groups excluding carboxylic acids is 1. The van der Waals surface area contributed by atoms with E-state index in [1.807, 2.05) is 57.2 Å². The van der Waals surface area contributed by atoms with Crippen molar-refractivity contribution < 1.29 is 19.0 Å². The van der Waals surface area contributed by atoms with Crippen LogP contribution in [0.4, 0.5) is 4.79 Å². The summed E-state index contributed by atoms with van der Waals surface area (Å²) in [6.45, 7) is 8.44. The minimum atomic E-state index is -0.518. The number of unbranched alkanes of at least 4 members (excludes halogenated alkanes) is 4. The van der Waals surface area contributed by atoms with Gasteiger partial charge in [0.2, 0.25) is 0 Å². The standard InChI is InChI=1S/C29H43NO4/c1-6-7-8-9-13-16-25(30-28(31)34-29(2,3)4)21-24-17-18-26(32-5)27(22-24)33-20-19-23-14-11-10-12-15-23/h10-12,14-15,17-18,22,25H,6-9,13,16,19-21H2,1-5H3,(H,30,31). The molecular weight excluding hydrogens is 426 g/mol. The molecule has 2 aromatic carbocycles. The van der Waals surface area contributed by atoms with Crippen molar-refractivity contribution in [3.8, 4) is 11.5 Å². The summed E-state index contributed by atoms with van der Waals surface area (Å²) in [6.07, 6.45) is 8.06. The van der Waals surface area contributed by atoms with Crippen molar-refractivity contribution in [2.75, 3.05) is 13.7 Å². The fourth-order valence-corrected chi connectivity index (χ4v) is 3.86. The summed E-state index contributed by atoms with van der Waals surface area (Å²) >= 11 is 0. The summed E-state index contributed by atoms with van der Waals surface area (Å²) in [7, 11) is 1.65. The highest BCUT2D eigenvalue weighted by atomic mass is 16.6. The maximum Gasteiger partial charge on any atom is 0.407 e. The Bertz CT molecular complexity index is 845. The molecule has 2 aromatic rings. The minimum absolute atomic E-state index is 0.00189. The highest BCUT2D eigenvalue weighted by Crippen LogP contribution is 2.29. The number of nitrogens with one attached hydrogen (secondary N) is 1. The third-order valence-corrected chi connectivity index (χ3v) is 5.58. The van der Waals surface area contributed by atoms with Gasteiger partial charge in [-0.25, -0.2) is 4.79 Å². The number of hydrogen-bond acceptors (Lipinski definition) is 4. The second kappa shape index (κ2) is 14.5. The Hall–Kier alpha value is -2.69. The maximum atomic E-state index is 12.5. The van der Waals surface area contributed by atoms with Gasteiger partial charge in [-0.2, -0.15) is 0 Å². The molecule has 0 spiro atoms. The fraction of sp³-hybridized carbons (Fsp3) is 0.552. The van der Waals surface area contributed by atoms with Crippen LogP contribution in [0.25, 0.3) is 0 Å². The molecular formula is C29H43NO4. The first kappa shape index (κ1) is 27.6. The van der Waals surface area contributed by atoms with Crippen LogP contribution >= 0.6 is 0 Å². The van der Waals surface area contributed by atoms with E-state index in [9.17, 15) is 4.79 Å². The summed E-state index contributed by atoms with van der Waals surface area (Å²) in [5, 5.41) is 3.09. The predicted molar refractivity (Wildman–Crippen MR) is 139 cm³/mol. The zero-order valence-electron chi connectivity index (χ0n) is 21.7. The second-order valence-corrected chi connectivity index (χ2v) is 9.82. The van der Waals surface area contributed by atoms with E-state index in [2.05, 4.69) is 24.4 Å². The van der Waals surface area contributed by atoms with Crippen LogP contribution in [0.3, 0.4) is 0 Å². The van der Waals surface area contributed by atoms with Gasteiger partial charge in [0.25, 0.3) is 0 Å². The summed E-state index contributed by atoms with van der Waals surface area (Å²) in [4.78, 5) is 12.5. The van der Waals surface area contributed by atoms with Crippen molar-refractivity contribution in [2.45, 2.75) is 90.7 Å². The number of hydrogen-bond donors (Lipinski definition) is 1. The van der Waals surface area contributed by atoms with Crippen molar-refractivity contribution in [1.29, 1.82) is 0 Å². The average molecular weight is 470 g/mol. The number of methoxy groups -OCH3 is 1. The van der Waals surface area contributed by atoms with Crippen molar-refractivity contribution in [3.05, 3.63) is 59.7 Å². The van der Waals surface area contributed by atoms with Crippen molar-refractivity contribution in [1.82, 2.24) is 5.32 Å². The molecule has 0 fully saturated rings. The Morgan fingerprint density at radius 3 is 2.35 bits per heavy atom. The first-order valence-electron chi connectivity index (χ1n) is 12.6. The third kappa shape index (κ3) is 11.0. The number of amides is 1. The fourth-order valence-electron chi connectivity index (χ4n) is 3.86. The molecule has 188 valence electrons. The summed E-state index contributed by atoms with van der Waals surface area (Å²) in [5.41, 5.74) is 1.82. The van der Waals surface area contributed by atoms with E-state index in [0.29, 0.717) is 18.8 Å². The number of alkyl carbamates (subject to hydrolysis) is 1. The lowest BCUT2D eigenvalue weighted by molar-refractivity contribution is 0.0501. The van der Waals surface area contributed by atoms with Crippen LogP contribution < -0.4 is 14.8 Å². The average Bonchev–Trinajstić information content (AvgIpc) is 2.78. The smallest absolute Gasteiger partial charge is 0.407 e. The molecule has 1 amide bonds. The molecule has 0 aliphatic rings. The van der Waals surface area contributed by atoms with Crippen LogP contribution in [-0.4, -0.2) is 31.5 Å². The van der Waals surface area contributed by atoms with Gasteiger partial charge in [-0.1, -0.05) is 75.4 Å². The van der Waals surface area contributed by atoms with Gasteiger partial charge in [-0.15, -0.1) is 0 Å². The quantitative estimate of drug-likeness (QED) is 0.299. The monoisotopic (exact) mass is 469 g/mol. The van der Waals surface area contributed by atoms with Crippen molar-refractivity contribution in [3.63, 3.8) is 0 Å². The normalized spacial score (nSPS) is 12.1. The number of benzene rings is 2. The molecule has 0 radical (unpaired) electrons. The van der Waals surface area contributed by atoms with E-state index in [-0.39, 0.29) is 12.1 Å². The molecule has 34 heavy (non-hydrogen) atoms. The highest BCUT2D eigenvalue weighted by Gasteiger charge is 2.20. The lowest BCUT2D eigenvalue weighted by Crippen LogP contribution is -2.40. The minimum Gasteiger partial charge on any atom is -0.493 e. The number of ether oxygens (including phenoxy) is 3. The highest BCUT2D eigenvalue weighted by molar-refractivity contribution is 5.68. The van der Waals surface area contributed by atoms with Gasteiger partial charge >= 0.3 is 6.09 Å². The van der Waals surface area contributed by atoms with Crippen LogP contribution in [0, 0.1) is 0 Å². The van der Waals surface area contributed by atoms with Gasteiger partial charge in [0.05, 0.1) is 13.7 Å². The Morgan fingerprint density at radius 2 is 1.68 bits per heavy atom. The van der Waals surface area contributed by atoms with E-state index < -0.39 is 5.60 Å². The maximum absolute atomic E-state index is 12.5. The van der Waals surface area contributed by atoms with Crippen LogP contribution in [-0.2, 0) is 17.6 Å². The zero-order chi connectivity index (χ0) is 24.8. The molecule has 2 rings (SSSR count). The van der Waals surface area contributed by atoms with Crippen molar-refractivity contribution >= 4 is 6.09 Å². The zero-order valence-corrected chi connectivity index (χ0v) is 21.7. The molecule has 0 heterocycles. The van der Waals surface area contributed by atoms with Gasteiger partial charge in [0.1, 0.15) is 5.60 Å². The van der Waals surface area contributed by atoms with Crippen LogP contribution in [0.1, 0.15) is 77.3 Å². The molecule has 1 unspecified atom stereocenters. The van der Waals surface area contributed by atoms with Gasteiger partial charge in [-0.05, 0) is 56.9 Å². The molecule has 5 nitrogen and oxygen atoms in total. The lowest BCUT2D eigenvalue weighted by atomic mass is 9.99. The van der Waals surface area contributed by atoms with Gasteiger partial charge < -0.3 is 19.5 Å². The Balaban J connectivity index is 2.03. The first-order valence-corrected chi connectivity index (χ1v) is 12.6. The topological polar surface area (TPSA) is 56.8 Å². The van der Waals surface area contributed by atoms with Gasteiger partial charge in [-0.3, -0.25) is 0 Å². The molecule has 0 saturated heterocycles. The molecule has 0 aromatic heterocycles. The van der Waals surface area contributed by atoms with E-state index in [1.54, 1.807) is 7.11 Å². The molecule has 0 bridgehead atoms. The SMILES string of the molecule is CCCCCCCC(Cc1ccc(OC)c(OCCc2ccccc2)c1)NC(=O)OC(C)(C)C. The summed E-state index contributed by atoms with van der Waals surface area (Å²) in [6, 6.07) is 16.3. The summed E-state index contributed by atoms with van der Waals surface area (Å²) < 4.78 is 17.1. The molecule has 5 heteroatoms. The van der Waals surface area contributed by atoms with E-state index in [0.717, 1.165) is 30.6 Å².